The summed E-state index contributed by atoms with van der Waals surface area (Å²) in [7, 11) is 1.28. The summed E-state index contributed by atoms with van der Waals surface area (Å²) in [6, 6.07) is 5.04. The smallest absolute Gasteiger partial charge is 0.306 e. The number of nitrogens with zero attached hydrogens (tertiary/aromatic N) is 5. The van der Waals surface area contributed by atoms with Crippen LogP contribution in [-0.2, 0) is 9.53 Å². The molecule has 0 saturated carbocycles. The summed E-state index contributed by atoms with van der Waals surface area (Å²) in [5.74, 6) is 0.563. The number of rotatable bonds is 8. The third kappa shape index (κ3) is 5.50. The number of amides is 1. The number of benzene rings is 1. The predicted molar refractivity (Wildman–Crippen MR) is 120 cm³/mol. The summed E-state index contributed by atoms with van der Waals surface area (Å²) in [5.41, 5.74) is 1.82. The van der Waals surface area contributed by atoms with Crippen LogP contribution in [0.15, 0.2) is 18.2 Å². The van der Waals surface area contributed by atoms with Gasteiger partial charge in [-0.25, -0.2) is 10.0 Å². The van der Waals surface area contributed by atoms with Crippen LogP contribution in [0.25, 0.3) is 16.7 Å². The first kappa shape index (κ1) is 23.4. The average Bonchev–Trinajstić information content (AvgIpc) is 3.10. The van der Waals surface area contributed by atoms with Crippen molar-refractivity contribution < 1.29 is 19.5 Å². The molecular formula is C22H30N6O4. The molecule has 0 aliphatic rings. The molecule has 0 saturated heterocycles. The number of carbonyl (C=O) groups is 2. The summed E-state index contributed by atoms with van der Waals surface area (Å²) >= 11 is 0. The molecule has 0 bridgehead atoms. The second kappa shape index (κ2) is 9.47. The summed E-state index contributed by atoms with van der Waals surface area (Å²) in [5, 5.41) is 21.7. The fourth-order valence-electron chi connectivity index (χ4n) is 3.39. The minimum Gasteiger partial charge on any atom is -0.460 e. The van der Waals surface area contributed by atoms with Gasteiger partial charge in [0.05, 0.1) is 11.0 Å². The monoisotopic (exact) mass is 442 g/mol. The SMILES string of the molecule is Cc1nnc2c(NCCCCCC(=O)OC(C)(C)C)nc3cc(C(=O)N(C)O)ccc3n12. The van der Waals surface area contributed by atoms with Crippen molar-refractivity contribution in [2.24, 2.45) is 0 Å². The van der Waals surface area contributed by atoms with E-state index in [1.54, 1.807) is 18.2 Å². The number of hydrogen-bond acceptors (Lipinski definition) is 8. The van der Waals surface area contributed by atoms with Crippen LogP contribution in [0, 0.1) is 6.92 Å². The van der Waals surface area contributed by atoms with Crippen LogP contribution in [0.4, 0.5) is 5.82 Å². The molecule has 0 aliphatic heterocycles. The highest BCUT2D eigenvalue weighted by Gasteiger charge is 2.17. The molecule has 32 heavy (non-hydrogen) atoms. The largest absolute Gasteiger partial charge is 0.460 e. The molecule has 0 unspecified atom stereocenters. The Morgan fingerprint density at radius 1 is 1.19 bits per heavy atom. The molecule has 1 aromatic carbocycles. The van der Waals surface area contributed by atoms with E-state index in [4.69, 9.17) is 4.74 Å². The van der Waals surface area contributed by atoms with E-state index in [-0.39, 0.29) is 5.97 Å². The number of esters is 1. The average molecular weight is 443 g/mol. The van der Waals surface area contributed by atoms with Crippen molar-refractivity contribution in [2.75, 3.05) is 18.9 Å². The van der Waals surface area contributed by atoms with Crippen molar-refractivity contribution >= 4 is 34.4 Å². The van der Waals surface area contributed by atoms with E-state index >= 15 is 0 Å². The van der Waals surface area contributed by atoms with Crippen molar-refractivity contribution in [3.05, 3.63) is 29.6 Å². The lowest BCUT2D eigenvalue weighted by Crippen LogP contribution is -2.23. The van der Waals surface area contributed by atoms with Crippen LogP contribution in [0.2, 0.25) is 0 Å². The number of unbranched alkanes of at least 4 members (excludes halogenated alkanes) is 2. The first-order valence-electron chi connectivity index (χ1n) is 10.6. The zero-order valence-corrected chi connectivity index (χ0v) is 19.2. The van der Waals surface area contributed by atoms with E-state index in [9.17, 15) is 14.8 Å². The Labute approximate surface area is 186 Å². The van der Waals surface area contributed by atoms with Gasteiger partial charge in [-0.15, -0.1) is 10.2 Å². The van der Waals surface area contributed by atoms with Gasteiger partial charge in [0.25, 0.3) is 5.91 Å². The van der Waals surface area contributed by atoms with E-state index in [0.29, 0.717) is 46.4 Å². The lowest BCUT2D eigenvalue weighted by Gasteiger charge is -2.19. The van der Waals surface area contributed by atoms with Crippen molar-refractivity contribution in [3.8, 4) is 0 Å². The van der Waals surface area contributed by atoms with E-state index in [0.717, 1.165) is 24.8 Å². The number of aromatic nitrogens is 4. The molecule has 1 amide bonds. The van der Waals surface area contributed by atoms with Gasteiger partial charge >= 0.3 is 5.97 Å². The molecule has 0 spiro atoms. The zero-order chi connectivity index (χ0) is 23.5. The van der Waals surface area contributed by atoms with Gasteiger partial charge in [0, 0.05) is 25.6 Å². The Balaban J connectivity index is 1.69. The Hall–Kier alpha value is -3.27. The quantitative estimate of drug-likeness (QED) is 0.236. The summed E-state index contributed by atoms with van der Waals surface area (Å²) in [4.78, 5) is 28.6. The van der Waals surface area contributed by atoms with E-state index in [2.05, 4.69) is 20.5 Å². The minimum absolute atomic E-state index is 0.179. The molecule has 2 heterocycles. The molecule has 0 radical (unpaired) electrons. The molecule has 2 N–H and O–H groups in total. The highest BCUT2D eigenvalue weighted by Crippen LogP contribution is 2.23. The number of ether oxygens (including phenoxy) is 1. The van der Waals surface area contributed by atoms with E-state index in [1.165, 1.54) is 7.05 Å². The van der Waals surface area contributed by atoms with Gasteiger partial charge in [-0.1, -0.05) is 6.42 Å². The molecule has 0 aliphatic carbocycles. The van der Waals surface area contributed by atoms with Crippen LogP contribution in [0.1, 0.15) is 62.6 Å². The normalized spacial score (nSPS) is 11.7. The van der Waals surface area contributed by atoms with Gasteiger partial charge in [0.1, 0.15) is 11.4 Å². The van der Waals surface area contributed by atoms with Crippen LogP contribution >= 0.6 is 0 Å². The van der Waals surface area contributed by atoms with E-state index in [1.807, 2.05) is 32.1 Å². The van der Waals surface area contributed by atoms with Crippen molar-refractivity contribution in [2.45, 2.75) is 59.0 Å². The summed E-state index contributed by atoms with van der Waals surface area (Å²) < 4.78 is 7.20. The van der Waals surface area contributed by atoms with Crippen LogP contribution in [0.3, 0.4) is 0 Å². The summed E-state index contributed by atoms with van der Waals surface area (Å²) in [6.07, 6.45) is 2.86. The van der Waals surface area contributed by atoms with Gasteiger partial charge in [-0.3, -0.25) is 19.2 Å². The number of hydroxylamine groups is 2. The predicted octanol–water partition coefficient (Wildman–Crippen LogP) is 3.36. The topological polar surface area (TPSA) is 122 Å². The van der Waals surface area contributed by atoms with Gasteiger partial charge in [0.2, 0.25) is 5.65 Å². The number of anilines is 1. The maximum atomic E-state index is 12.1. The molecule has 10 nitrogen and oxygen atoms in total. The Morgan fingerprint density at radius 2 is 1.94 bits per heavy atom. The van der Waals surface area contributed by atoms with Crippen LogP contribution in [0.5, 0.6) is 0 Å². The standard InChI is InChI=1S/C22H30N6O4/c1-14-25-26-20-19(23-12-8-6-7-9-18(29)32-22(2,3)4)24-16-13-15(21(30)27(5)31)10-11-17(16)28(14)20/h10-11,13,31H,6-9,12H2,1-5H3,(H,23,24). The maximum Gasteiger partial charge on any atom is 0.306 e. The first-order valence-corrected chi connectivity index (χ1v) is 10.6. The molecule has 3 rings (SSSR count). The molecule has 0 atom stereocenters. The Kier molecular flexibility index (Phi) is 6.93. The first-order chi connectivity index (χ1) is 15.1. The Bertz CT molecular complexity index is 1130. The lowest BCUT2D eigenvalue weighted by atomic mass is 10.1. The molecule has 10 heteroatoms. The number of carbonyl (C=O) groups excluding carboxylic acids is 2. The molecule has 2 aromatic heterocycles. The molecule has 0 fully saturated rings. The number of hydrogen-bond donors (Lipinski definition) is 2. The van der Waals surface area contributed by atoms with Crippen LogP contribution in [-0.4, -0.2) is 60.9 Å². The van der Waals surface area contributed by atoms with Crippen molar-refractivity contribution in [3.63, 3.8) is 0 Å². The highest BCUT2D eigenvalue weighted by atomic mass is 16.6. The van der Waals surface area contributed by atoms with Crippen LogP contribution < -0.4 is 5.32 Å². The number of nitrogens with one attached hydrogen (secondary N) is 1. The van der Waals surface area contributed by atoms with E-state index < -0.39 is 11.5 Å². The molecular weight excluding hydrogens is 412 g/mol. The second-order valence-corrected chi connectivity index (χ2v) is 8.72. The lowest BCUT2D eigenvalue weighted by molar-refractivity contribution is -0.154. The summed E-state index contributed by atoms with van der Waals surface area (Å²) in [6.45, 7) is 8.07. The van der Waals surface area contributed by atoms with Gasteiger partial charge in [0.15, 0.2) is 5.82 Å². The second-order valence-electron chi connectivity index (χ2n) is 8.72. The van der Waals surface area contributed by atoms with Crippen molar-refractivity contribution in [1.82, 2.24) is 24.6 Å². The van der Waals surface area contributed by atoms with Gasteiger partial charge in [-0.2, -0.15) is 0 Å². The van der Waals surface area contributed by atoms with Gasteiger partial charge in [-0.05, 0) is 58.7 Å². The van der Waals surface area contributed by atoms with Gasteiger partial charge < -0.3 is 10.1 Å². The number of aryl methyl sites for hydroxylation is 1. The fourth-order valence-corrected chi connectivity index (χ4v) is 3.39. The zero-order valence-electron chi connectivity index (χ0n) is 19.2. The van der Waals surface area contributed by atoms with Crippen molar-refractivity contribution in [1.29, 1.82) is 0 Å². The Morgan fingerprint density at radius 3 is 2.62 bits per heavy atom. The third-order valence-electron chi connectivity index (χ3n) is 4.80. The highest BCUT2D eigenvalue weighted by molar-refractivity contribution is 5.97. The minimum atomic E-state index is -0.520. The maximum absolute atomic E-state index is 12.1. The third-order valence-corrected chi connectivity index (χ3v) is 4.80. The number of fused-ring (bicyclic) bond motifs is 3. The molecule has 3 aromatic rings. The fraction of sp³-hybridized carbons (Fsp3) is 0.500. The molecule has 172 valence electrons.